The van der Waals surface area contributed by atoms with Gasteiger partial charge in [0.1, 0.15) is 5.69 Å². The van der Waals surface area contributed by atoms with Crippen LogP contribution in [0.25, 0.3) is 26.8 Å². The Balaban J connectivity index is 1.34. The predicted octanol–water partition coefficient (Wildman–Crippen LogP) is 5.11. The highest BCUT2D eigenvalue weighted by Gasteiger charge is 2.19. The van der Waals surface area contributed by atoms with Crippen LogP contribution in [0.3, 0.4) is 0 Å². The number of thiophene rings is 1. The van der Waals surface area contributed by atoms with Crippen LogP contribution in [0.5, 0.6) is 0 Å². The van der Waals surface area contributed by atoms with Gasteiger partial charge in [-0.25, -0.2) is 9.50 Å². The van der Waals surface area contributed by atoms with Crippen molar-refractivity contribution < 1.29 is 4.74 Å². The molecule has 1 fully saturated rings. The van der Waals surface area contributed by atoms with Gasteiger partial charge in [0.2, 0.25) is 0 Å². The molecule has 0 amide bonds. The van der Waals surface area contributed by atoms with Crippen molar-refractivity contribution in [3.8, 4) is 21.1 Å². The summed E-state index contributed by atoms with van der Waals surface area (Å²) in [6.45, 7) is 5.05. The first-order chi connectivity index (χ1) is 17.7. The Bertz CT molecular complexity index is 1520. The van der Waals surface area contributed by atoms with E-state index in [0.717, 1.165) is 51.1 Å². The molecule has 1 aromatic carbocycles. The van der Waals surface area contributed by atoms with Gasteiger partial charge in [-0.15, -0.1) is 16.4 Å². The number of anilines is 2. The van der Waals surface area contributed by atoms with Crippen molar-refractivity contribution in [2.45, 2.75) is 6.92 Å². The minimum absolute atomic E-state index is 0.650. The highest BCUT2D eigenvalue weighted by molar-refractivity contribution is 7.18. The van der Waals surface area contributed by atoms with Crippen molar-refractivity contribution in [2.24, 2.45) is 5.10 Å². The number of nitrogens with zero attached hydrogens (tertiary/aromatic N) is 6. The Morgan fingerprint density at radius 1 is 1.00 bits per heavy atom. The molecule has 0 spiro atoms. The first kappa shape index (κ1) is 22.4. The molecule has 0 bridgehead atoms. The number of aromatic nitrogens is 4. The number of nitrogens with one attached hydrogen (secondary N) is 1. The zero-order valence-corrected chi connectivity index (χ0v) is 20.7. The monoisotopic (exact) mass is 495 g/mol. The van der Waals surface area contributed by atoms with Gasteiger partial charge in [0.25, 0.3) is 0 Å². The van der Waals surface area contributed by atoms with Gasteiger partial charge in [0.15, 0.2) is 11.5 Å². The van der Waals surface area contributed by atoms with Gasteiger partial charge in [-0.05, 0) is 36.8 Å². The molecule has 6 rings (SSSR count). The largest absolute Gasteiger partial charge is 0.378 e. The molecule has 0 unspecified atom stereocenters. The van der Waals surface area contributed by atoms with E-state index >= 15 is 0 Å². The lowest BCUT2D eigenvalue weighted by Gasteiger charge is -2.29. The van der Waals surface area contributed by atoms with Crippen molar-refractivity contribution in [2.75, 3.05) is 36.6 Å². The number of ether oxygens (including phenoxy) is 1. The Labute approximate surface area is 212 Å². The van der Waals surface area contributed by atoms with Crippen LogP contribution in [0.15, 0.2) is 78.2 Å². The molecule has 4 aromatic heterocycles. The van der Waals surface area contributed by atoms with Crippen LogP contribution in [0.1, 0.15) is 11.1 Å². The maximum absolute atomic E-state index is 5.58. The summed E-state index contributed by atoms with van der Waals surface area (Å²) in [4.78, 5) is 13.9. The normalized spacial score (nSPS) is 14.1. The molecule has 0 saturated carbocycles. The van der Waals surface area contributed by atoms with Gasteiger partial charge in [0, 0.05) is 25.4 Å². The van der Waals surface area contributed by atoms with Gasteiger partial charge >= 0.3 is 0 Å². The highest BCUT2D eigenvalue weighted by Crippen LogP contribution is 2.34. The lowest BCUT2D eigenvalue weighted by atomic mass is 10.2. The number of hydrogen-bond donors (Lipinski definition) is 1. The summed E-state index contributed by atoms with van der Waals surface area (Å²) >= 11 is 1.67. The maximum atomic E-state index is 5.58. The number of hydrazone groups is 1. The third-order valence-corrected chi connectivity index (χ3v) is 7.10. The fourth-order valence-corrected chi connectivity index (χ4v) is 5.15. The number of fused-ring (bicyclic) bond motifs is 1. The maximum Gasteiger partial charge on any atom is 0.177 e. The zero-order chi connectivity index (χ0) is 24.3. The van der Waals surface area contributed by atoms with Gasteiger partial charge in [-0.1, -0.05) is 35.9 Å². The highest BCUT2D eigenvalue weighted by atomic mass is 32.1. The smallest absolute Gasteiger partial charge is 0.177 e. The third kappa shape index (κ3) is 4.71. The number of imidazole rings is 1. The Morgan fingerprint density at radius 3 is 2.67 bits per heavy atom. The zero-order valence-electron chi connectivity index (χ0n) is 19.8. The molecule has 1 aliphatic rings. The van der Waals surface area contributed by atoms with Crippen LogP contribution in [-0.4, -0.2) is 52.1 Å². The molecule has 1 saturated heterocycles. The van der Waals surface area contributed by atoms with E-state index in [1.54, 1.807) is 17.6 Å². The van der Waals surface area contributed by atoms with Crippen LogP contribution in [0.4, 0.5) is 11.5 Å². The first-order valence-corrected chi connectivity index (χ1v) is 12.6. The van der Waals surface area contributed by atoms with E-state index in [1.807, 2.05) is 53.3 Å². The molecule has 36 heavy (non-hydrogen) atoms. The lowest BCUT2D eigenvalue weighted by molar-refractivity contribution is 0.123. The molecule has 0 radical (unpaired) electrons. The molecule has 1 aliphatic heterocycles. The molecule has 0 aliphatic carbocycles. The van der Waals surface area contributed by atoms with Crippen LogP contribution in [0.2, 0.25) is 0 Å². The van der Waals surface area contributed by atoms with E-state index < -0.39 is 0 Å². The molecular weight excluding hydrogens is 470 g/mol. The van der Waals surface area contributed by atoms with E-state index in [0.29, 0.717) is 19.0 Å². The molecule has 1 N–H and O–H groups in total. The number of benzene rings is 1. The summed E-state index contributed by atoms with van der Waals surface area (Å²) in [7, 11) is 0. The minimum Gasteiger partial charge on any atom is -0.378 e. The molecule has 5 heterocycles. The number of hydrogen-bond acceptors (Lipinski definition) is 8. The number of rotatable bonds is 6. The van der Waals surface area contributed by atoms with Gasteiger partial charge in [-0.2, -0.15) is 5.10 Å². The molecule has 9 heteroatoms. The summed E-state index contributed by atoms with van der Waals surface area (Å²) in [5.41, 5.74) is 8.99. The topological polar surface area (TPSA) is 79.9 Å². The SMILES string of the molecule is Cc1cccc(/C=N/Nc2cc(N3CCOCC3)c3nc(-c4ccc(-c5ccccn5)s4)cn3n2)c1. The molecule has 8 nitrogen and oxygen atoms in total. The number of aryl methyl sites for hydroxylation is 1. The van der Waals surface area contributed by atoms with Crippen molar-refractivity contribution in [3.05, 3.63) is 84.2 Å². The van der Waals surface area contributed by atoms with Crippen molar-refractivity contribution >= 4 is 34.7 Å². The van der Waals surface area contributed by atoms with E-state index in [4.69, 9.17) is 14.8 Å². The summed E-state index contributed by atoms with van der Waals surface area (Å²) in [6.07, 6.45) is 5.59. The van der Waals surface area contributed by atoms with Crippen LogP contribution in [0, 0.1) is 6.92 Å². The standard InChI is InChI=1S/C27H25N7OS/c1-19-5-4-6-20(15-19)17-29-31-26-16-23(33-11-13-35-14-12-33)27-30-22(18-34(27)32-26)25-9-8-24(36-25)21-7-2-3-10-28-21/h2-10,15-18H,11-14H2,1H3,(H,31,32)/b29-17+. The fourth-order valence-electron chi connectivity index (χ4n) is 4.22. The van der Waals surface area contributed by atoms with E-state index in [2.05, 4.69) is 51.6 Å². The van der Waals surface area contributed by atoms with E-state index in [-0.39, 0.29) is 0 Å². The third-order valence-electron chi connectivity index (χ3n) is 5.97. The average molecular weight is 496 g/mol. The summed E-state index contributed by atoms with van der Waals surface area (Å²) in [6, 6.07) is 20.3. The Kier molecular flexibility index (Phi) is 6.15. The summed E-state index contributed by atoms with van der Waals surface area (Å²) in [5, 5.41) is 9.18. The quantitative estimate of drug-likeness (QED) is 0.260. The van der Waals surface area contributed by atoms with Crippen molar-refractivity contribution in [1.29, 1.82) is 0 Å². The van der Waals surface area contributed by atoms with Gasteiger partial charge in [0.05, 0.1) is 46.8 Å². The van der Waals surface area contributed by atoms with E-state index in [9.17, 15) is 0 Å². The van der Waals surface area contributed by atoms with Crippen molar-refractivity contribution in [3.63, 3.8) is 0 Å². The second kappa shape index (κ2) is 9.88. The van der Waals surface area contributed by atoms with E-state index in [1.165, 1.54) is 5.56 Å². The lowest BCUT2D eigenvalue weighted by Crippen LogP contribution is -2.36. The second-order valence-corrected chi connectivity index (χ2v) is 9.66. The van der Waals surface area contributed by atoms with Crippen molar-refractivity contribution in [1.82, 2.24) is 19.6 Å². The van der Waals surface area contributed by atoms with Crippen LogP contribution >= 0.6 is 11.3 Å². The molecular formula is C27H25N7OS. The Hall–Kier alpha value is -4.08. The summed E-state index contributed by atoms with van der Waals surface area (Å²) in [5.74, 6) is 0.650. The molecule has 0 atom stereocenters. The molecule has 180 valence electrons. The Morgan fingerprint density at radius 2 is 1.86 bits per heavy atom. The summed E-state index contributed by atoms with van der Waals surface area (Å²) < 4.78 is 7.42. The molecule has 5 aromatic rings. The predicted molar refractivity (Wildman–Crippen MR) is 145 cm³/mol. The van der Waals surface area contributed by atoms with Crippen LogP contribution < -0.4 is 10.3 Å². The van der Waals surface area contributed by atoms with Crippen LogP contribution in [-0.2, 0) is 4.74 Å². The van der Waals surface area contributed by atoms with Gasteiger partial charge < -0.3 is 9.64 Å². The number of morpholine rings is 1. The second-order valence-electron chi connectivity index (χ2n) is 8.57. The minimum atomic E-state index is 0.650. The number of pyridine rings is 1. The average Bonchev–Trinajstić information content (AvgIpc) is 3.57. The van der Waals surface area contributed by atoms with Gasteiger partial charge in [-0.3, -0.25) is 10.4 Å². The first-order valence-electron chi connectivity index (χ1n) is 11.8. The fraction of sp³-hybridized carbons (Fsp3) is 0.185.